The lowest BCUT2D eigenvalue weighted by Gasteiger charge is -2.38. The maximum Gasteiger partial charge on any atom is 0.411 e. The van der Waals surface area contributed by atoms with E-state index in [1.165, 1.54) is 0 Å². The molecule has 0 aliphatic carbocycles. The minimum Gasteiger partial charge on any atom is -0.377 e. The highest BCUT2D eigenvalue weighted by Crippen LogP contribution is 2.56. The number of isocyanates is 1. The molecule has 0 aromatic heterocycles. The molecule has 0 bridgehead atoms. The fourth-order valence-corrected chi connectivity index (χ4v) is 2.75. The molecule has 0 spiro atoms. The molecule has 0 heterocycles. The van der Waals surface area contributed by atoms with E-state index in [1.807, 2.05) is 27.7 Å². The van der Waals surface area contributed by atoms with Gasteiger partial charge in [-0.25, -0.2) is 4.79 Å². The molecule has 31 heavy (non-hydrogen) atoms. The Bertz CT molecular complexity index is 811. The van der Waals surface area contributed by atoms with E-state index in [0.717, 1.165) is 30.3 Å². The second-order valence-electron chi connectivity index (χ2n) is 5.41. The number of hydrogen-bond donors (Lipinski definition) is 2. The smallest absolute Gasteiger partial charge is 0.377 e. The summed E-state index contributed by atoms with van der Waals surface area (Å²) in [5, 5.41) is 11.1. The second-order valence-corrected chi connectivity index (χ2v) is 5.41. The monoisotopic (exact) mass is 450 g/mol. The lowest BCUT2D eigenvalue weighted by Crippen LogP contribution is -2.54. The van der Waals surface area contributed by atoms with Crippen molar-refractivity contribution in [2.75, 3.05) is 12.0 Å². The van der Waals surface area contributed by atoms with Crippen molar-refractivity contribution in [1.82, 2.24) is 0 Å². The molecular formula is C21H24F6N2O2. The Morgan fingerprint density at radius 3 is 1.52 bits per heavy atom. The van der Waals surface area contributed by atoms with E-state index in [1.54, 1.807) is 0 Å². The standard InChI is InChI=1S/C17H12F6N2O2.2C2H6/c18-16(19,20)15(17(21,22)23,11-1-5-13(6-2-11)24-9-26)12-3-7-14(8-4-12)25-10-27;2*1-2/h1-8,24,26H,9H2;2*1-2H3. The summed E-state index contributed by atoms with van der Waals surface area (Å²) in [6, 6.07) is 6.37. The van der Waals surface area contributed by atoms with E-state index >= 15 is 0 Å². The minimum absolute atomic E-state index is 0.130. The molecule has 0 saturated carbocycles. The van der Waals surface area contributed by atoms with Gasteiger partial charge in [-0.2, -0.15) is 31.3 Å². The van der Waals surface area contributed by atoms with Gasteiger partial charge in [-0.15, -0.1) is 0 Å². The van der Waals surface area contributed by atoms with Gasteiger partial charge >= 0.3 is 12.4 Å². The summed E-state index contributed by atoms with van der Waals surface area (Å²) >= 11 is 0. The van der Waals surface area contributed by atoms with Crippen LogP contribution in [0.3, 0.4) is 0 Å². The normalized spacial score (nSPS) is 11.2. The summed E-state index contributed by atoms with van der Waals surface area (Å²) in [6.45, 7) is 7.46. The van der Waals surface area contributed by atoms with Crippen LogP contribution in [0.4, 0.5) is 37.7 Å². The molecule has 0 atom stereocenters. The summed E-state index contributed by atoms with van der Waals surface area (Å²) in [5.41, 5.74) is -6.39. The van der Waals surface area contributed by atoms with Gasteiger partial charge in [0.2, 0.25) is 11.5 Å². The number of hydrogen-bond acceptors (Lipinski definition) is 4. The molecule has 2 N–H and O–H groups in total. The molecule has 0 radical (unpaired) electrons. The second kappa shape index (κ2) is 12.1. The quantitative estimate of drug-likeness (QED) is 0.237. The van der Waals surface area contributed by atoms with Crippen LogP contribution in [0.15, 0.2) is 53.5 Å². The topological polar surface area (TPSA) is 61.7 Å². The van der Waals surface area contributed by atoms with Crippen molar-refractivity contribution in [3.63, 3.8) is 0 Å². The van der Waals surface area contributed by atoms with Gasteiger partial charge in [0, 0.05) is 5.69 Å². The molecule has 0 amide bonds. The number of nitrogens with one attached hydrogen (secondary N) is 1. The number of anilines is 1. The van der Waals surface area contributed by atoms with Gasteiger partial charge in [-0.3, -0.25) is 0 Å². The Morgan fingerprint density at radius 2 is 1.19 bits per heavy atom. The van der Waals surface area contributed by atoms with Gasteiger partial charge in [0.15, 0.2) is 0 Å². The van der Waals surface area contributed by atoms with Crippen LogP contribution in [0, 0.1) is 0 Å². The summed E-state index contributed by atoms with van der Waals surface area (Å²) in [6.07, 6.45) is -10.3. The molecule has 172 valence electrons. The fraction of sp³-hybridized carbons (Fsp3) is 0.381. The first-order chi connectivity index (χ1) is 14.6. The summed E-state index contributed by atoms with van der Waals surface area (Å²) in [7, 11) is 0. The van der Waals surface area contributed by atoms with E-state index in [0.29, 0.717) is 24.3 Å². The van der Waals surface area contributed by atoms with Crippen molar-refractivity contribution in [3.8, 4) is 0 Å². The van der Waals surface area contributed by atoms with Crippen LogP contribution >= 0.6 is 0 Å². The average Bonchev–Trinajstić information content (AvgIpc) is 2.72. The Kier molecular flexibility index (Phi) is 11.0. The van der Waals surface area contributed by atoms with Crippen molar-refractivity contribution >= 4 is 17.5 Å². The van der Waals surface area contributed by atoms with Gasteiger partial charge in [0.1, 0.15) is 6.73 Å². The highest BCUT2D eigenvalue weighted by Gasteiger charge is 2.72. The predicted octanol–water partition coefficient (Wildman–Crippen LogP) is 6.48. The highest BCUT2D eigenvalue weighted by molar-refractivity contribution is 5.54. The van der Waals surface area contributed by atoms with Crippen LogP contribution in [-0.4, -0.2) is 30.3 Å². The van der Waals surface area contributed by atoms with E-state index in [-0.39, 0.29) is 11.4 Å². The minimum atomic E-state index is -5.72. The van der Waals surface area contributed by atoms with Crippen molar-refractivity contribution in [1.29, 1.82) is 0 Å². The summed E-state index contributed by atoms with van der Waals surface area (Å²) in [5.74, 6) is 0. The number of aliphatic hydroxyl groups excluding tert-OH is 1. The molecule has 2 aromatic rings. The Hall–Kier alpha value is -2.84. The van der Waals surface area contributed by atoms with Crippen LogP contribution in [0.1, 0.15) is 38.8 Å². The zero-order chi connectivity index (χ0) is 24.3. The van der Waals surface area contributed by atoms with Crippen LogP contribution in [0.25, 0.3) is 0 Å². The molecule has 10 heteroatoms. The van der Waals surface area contributed by atoms with Crippen molar-refractivity contribution < 1.29 is 36.2 Å². The maximum absolute atomic E-state index is 13.9. The molecule has 0 aliphatic heterocycles. The number of carbonyl (C=O) groups excluding carboxylic acids is 1. The summed E-state index contributed by atoms with van der Waals surface area (Å²) in [4.78, 5) is 13.4. The Labute approximate surface area is 176 Å². The first-order valence-electron chi connectivity index (χ1n) is 9.35. The van der Waals surface area contributed by atoms with E-state index in [2.05, 4.69) is 10.3 Å². The molecule has 4 nitrogen and oxygen atoms in total. The third kappa shape index (κ3) is 6.08. The number of aliphatic hydroxyl groups is 1. The Balaban J connectivity index is 0.00000212. The zero-order valence-electron chi connectivity index (χ0n) is 17.4. The van der Waals surface area contributed by atoms with Gasteiger partial charge in [0.05, 0.1) is 5.69 Å². The van der Waals surface area contributed by atoms with Crippen molar-refractivity contribution in [2.45, 2.75) is 45.5 Å². The van der Waals surface area contributed by atoms with Gasteiger partial charge in [-0.05, 0) is 35.4 Å². The van der Waals surface area contributed by atoms with Gasteiger partial charge in [-0.1, -0.05) is 52.0 Å². The molecular weight excluding hydrogens is 426 g/mol. The number of nitrogens with zero attached hydrogens (tertiary/aromatic N) is 1. The van der Waals surface area contributed by atoms with Crippen LogP contribution in [-0.2, 0) is 10.2 Å². The van der Waals surface area contributed by atoms with E-state index in [4.69, 9.17) is 5.11 Å². The number of benzene rings is 2. The fourth-order valence-electron chi connectivity index (χ4n) is 2.75. The number of alkyl halides is 6. The molecule has 0 unspecified atom stereocenters. The molecule has 0 fully saturated rings. The number of rotatable bonds is 5. The lowest BCUT2D eigenvalue weighted by molar-refractivity contribution is -0.288. The third-order valence-corrected chi connectivity index (χ3v) is 3.93. The molecule has 0 saturated heterocycles. The van der Waals surface area contributed by atoms with Crippen molar-refractivity contribution in [3.05, 3.63) is 59.7 Å². The molecule has 0 aliphatic rings. The predicted molar refractivity (Wildman–Crippen MR) is 107 cm³/mol. The van der Waals surface area contributed by atoms with Crippen LogP contribution < -0.4 is 5.32 Å². The van der Waals surface area contributed by atoms with Crippen LogP contribution in [0.5, 0.6) is 0 Å². The largest absolute Gasteiger partial charge is 0.411 e. The Morgan fingerprint density at radius 1 is 0.806 bits per heavy atom. The lowest BCUT2D eigenvalue weighted by atomic mass is 9.73. The first kappa shape index (κ1) is 28.2. The van der Waals surface area contributed by atoms with Crippen LogP contribution in [0.2, 0.25) is 0 Å². The third-order valence-electron chi connectivity index (χ3n) is 3.93. The number of halogens is 6. The summed E-state index contributed by atoms with van der Waals surface area (Å²) < 4.78 is 83.3. The van der Waals surface area contributed by atoms with Gasteiger partial charge in [0.25, 0.3) is 0 Å². The average molecular weight is 450 g/mol. The molecule has 2 aromatic carbocycles. The van der Waals surface area contributed by atoms with E-state index < -0.39 is 35.6 Å². The number of aliphatic imine (C=N–C) groups is 1. The first-order valence-corrected chi connectivity index (χ1v) is 9.35. The molecule has 2 rings (SSSR count). The SMILES string of the molecule is CC.CC.O=C=Nc1ccc(C(c2ccc(NCO)cc2)(C(F)(F)F)C(F)(F)F)cc1. The van der Waals surface area contributed by atoms with Crippen molar-refractivity contribution in [2.24, 2.45) is 4.99 Å². The highest BCUT2D eigenvalue weighted by atomic mass is 19.4. The maximum atomic E-state index is 13.9. The van der Waals surface area contributed by atoms with Gasteiger partial charge < -0.3 is 10.4 Å². The van der Waals surface area contributed by atoms with E-state index in [9.17, 15) is 31.1 Å². The zero-order valence-corrected chi connectivity index (χ0v) is 17.4.